The Morgan fingerprint density at radius 3 is 2.89 bits per heavy atom. The van der Waals surface area contributed by atoms with E-state index in [0.29, 0.717) is 21.2 Å². The molecule has 132 valence electrons. The maximum absolute atomic E-state index is 13.9. The first-order valence-electron chi connectivity index (χ1n) is 7.99. The molecular formula is C19H12BrFN6. The normalized spacial score (nSPS) is 10.9. The molecule has 6 nitrogen and oxygen atoms in total. The van der Waals surface area contributed by atoms with Gasteiger partial charge < -0.3 is 5.73 Å². The zero-order valence-electron chi connectivity index (χ0n) is 13.9. The summed E-state index contributed by atoms with van der Waals surface area (Å²) in [7, 11) is 0. The lowest BCUT2D eigenvalue weighted by Gasteiger charge is -2.06. The van der Waals surface area contributed by atoms with Gasteiger partial charge in [-0.15, -0.1) is 0 Å². The molecule has 4 aromatic rings. The molecule has 0 unspecified atom stereocenters. The molecule has 0 radical (unpaired) electrons. The van der Waals surface area contributed by atoms with Gasteiger partial charge in [0.15, 0.2) is 5.82 Å². The number of nitrogen functional groups attached to an aromatic ring is 1. The summed E-state index contributed by atoms with van der Waals surface area (Å²) in [6.07, 6.45) is 3.30. The monoisotopic (exact) mass is 422 g/mol. The van der Waals surface area contributed by atoms with Gasteiger partial charge in [-0.05, 0) is 40.2 Å². The molecule has 3 aromatic heterocycles. The van der Waals surface area contributed by atoms with Crippen LogP contribution in [-0.4, -0.2) is 19.7 Å². The van der Waals surface area contributed by atoms with Crippen LogP contribution >= 0.6 is 15.9 Å². The minimum Gasteiger partial charge on any atom is -0.382 e. The molecule has 0 fully saturated rings. The molecule has 0 saturated heterocycles. The van der Waals surface area contributed by atoms with Crippen molar-refractivity contribution in [2.24, 2.45) is 0 Å². The maximum Gasteiger partial charge on any atom is 0.152 e. The number of rotatable bonds is 3. The Bertz CT molecular complexity index is 1210. The maximum atomic E-state index is 13.9. The molecule has 27 heavy (non-hydrogen) atoms. The van der Waals surface area contributed by atoms with Crippen LogP contribution < -0.4 is 5.73 Å². The minimum atomic E-state index is -0.392. The number of anilines is 1. The summed E-state index contributed by atoms with van der Waals surface area (Å²) in [5.41, 5.74) is 8.81. The molecule has 0 aliphatic rings. The fourth-order valence-corrected chi connectivity index (χ4v) is 3.43. The van der Waals surface area contributed by atoms with Crippen molar-refractivity contribution >= 4 is 32.7 Å². The van der Waals surface area contributed by atoms with Gasteiger partial charge in [0.05, 0.1) is 34.0 Å². The van der Waals surface area contributed by atoms with Crippen LogP contribution in [0, 0.1) is 17.1 Å². The van der Waals surface area contributed by atoms with E-state index in [1.165, 1.54) is 12.3 Å². The highest BCUT2D eigenvalue weighted by molar-refractivity contribution is 9.10. The molecule has 2 N–H and O–H groups in total. The van der Waals surface area contributed by atoms with Gasteiger partial charge in [-0.1, -0.05) is 12.1 Å². The molecule has 1 aromatic carbocycles. The van der Waals surface area contributed by atoms with Crippen molar-refractivity contribution in [2.45, 2.75) is 6.54 Å². The fourth-order valence-electron chi connectivity index (χ4n) is 2.82. The van der Waals surface area contributed by atoms with Crippen LogP contribution in [0.15, 0.2) is 53.3 Å². The molecule has 8 heteroatoms. The number of nitrogens with zero attached hydrogens (tertiary/aromatic N) is 5. The Kier molecular flexibility index (Phi) is 4.30. The Labute approximate surface area is 162 Å². The first-order chi connectivity index (χ1) is 13.1. The second-order valence-electron chi connectivity index (χ2n) is 5.87. The molecule has 0 amide bonds. The third-order valence-electron chi connectivity index (χ3n) is 4.09. The van der Waals surface area contributed by atoms with Crippen LogP contribution in [0.25, 0.3) is 22.2 Å². The largest absolute Gasteiger partial charge is 0.382 e. The Morgan fingerprint density at radius 1 is 1.26 bits per heavy atom. The summed E-state index contributed by atoms with van der Waals surface area (Å²) in [5.74, 6) is -0.137. The quantitative estimate of drug-likeness (QED) is 0.540. The fraction of sp³-hybridized carbons (Fsp3) is 0.0526. The molecule has 0 atom stereocenters. The predicted octanol–water partition coefficient (Wildman–Crippen LogP) is 3.90. The van der Waals surface area contributed by atoms with E-state index >= 15 is 0 Å². The van der Waals surface area contributed by atoms with Crippen molar-refractivity contribution in [3.63, 3.8) is 0 Å². The van der Waals surface area contributed by atoms with Crippen LogP contribution in [0.2, 0.25) is 0 Å². The number of hydrogen-bond acceptors (Lipinski definition) is 5. The third-order valence-corrected chi connectivity index (χ3v) is 4.90. The van der Waals surface area contributed by atoms with Crippen molar-refractivity contribution in [2.75, 3.05) is 5.73 Å². The van der Waals surface area contributed by atoms with E-state index in [1.807, 2.05) is 6.07 Å². The zero-order valence-corrected chi connectivity index (χ0v) is 15.5. The minimum absolute atomic E-state index is 0.173. The summed E-state index contributed by atoms with van der Waals surface area (Å²) in [6, 6.07) is 12.1. The highest BCUT2D eigenvalue weighted by atomic mass is 79.9. The molecule has 3 heterocycles. The van der Waals surface area contributed by atoms with Gasteiger partial charge >= 0.3 is 0 Å². The number of fused-ring (bicyclic) bond motifs is 1. The predicted molar refractivity (Wildman–Crippen MR) is 103 cm³/mol. The Morgan fingerprint density at radius 2 is 2.11 bits per heavy atom. The number of pyridine rings is 2. The molecule has 0 aliphatic carbocycles. The number of benzene rings is 1. The summed E-state index contributed by atoms with van der Waals surface area (Å²) in [6.45, 7) is 0.173. The van der Waals surface area contributed by atoms with E-state index in [9.17, 15) is 4.39 Å². The number of halogens is 2. The molecule has 0 bridgehead atoms. The van der Waals surface area contributed by atoms with Gasteiger partial charge in [0.2, 0.25) is 0 Å². The highest BCUT2D eigenvalue weighted by Crippen LogP contribution is 2.35. The lowest BCUT2D eigenvalue weighted by Crippen LogP contribution is -2.04. The first kappa shape index (κ1) is 17.1. The Balaban J connectivity index is 1.82. The van der Waals surface area contributed by atoms with Crippen LogP contribution in [-0.2, 0) is 6.54 Å². The van der Waals surface area contributed by atoms with Crippen molar-refractivity contribution in [3.8, 4) is 17.3 Å². The van der Waals surface area contributed by atoms with Crippen LogP contribution in [0.4, 0.5) is 10.2 Å². The first-order valence-corrected chi connectivity index (χ1v) is 8.78. The molecule has 0 spiro atoms. The van der Waals surface area contributed by atoms with Crippen molar-refractivity contribution < 1.29 is 4.39 Å². The average Bonchev–Trinajstić information content (AvgIpc) is 3.11. The lowest BCUT2D eigenvalue weighted by molar-refractivity contribution is 0.572. The van der Waals surface area contributed by atoms with Crippen LogP contribution in [0.3, 0.4) is 0 Å². The molecular weight excluding hydrogens is 411 g/mol. The van der Waals surface area contributed by atoms with E-state index in [-0.39, 0.29) is 18.1 Å². The van der Waals surface area contributed by atoms with E-state index in [1.54, 1.807) is 35.1 Å². The molecule has 0 aliphatic heterocycles. The standard InChI is InChI=1S/C19H12BrFN6/c20-16-13-9-27(10-15-14(21)5-2-6-24-15)26-18(13)19(23)25-17(16)12-4-1-3-11(7-12)8-22/h1-7,9H,10H2,(H2,23,25). The Hall–Kier alpha value is -3.31. The van der Waals surface area contributed by atoms with Gasteiger partial charge in [0, 0.05) is 23.3 Å². The van der Waals surface area contributed by atoms with Crippen LogP contribution in [0.5, 0.6) is 0 Å². The van der Waals surface area contributed by atoms with E-state index < -0.39 is 5.82 Å². The SMILES string of the molecule is N#Cc1cccc(-c2nc(N)c3nn(Cc4ncccc4F)cc3c2Br)c1. The number of nitrogens with two attached hydrogens (primary N) is 1. The van der Waals surface area contributed by atoms with Crippen molar-refractivity contribution in [1.29, 1.82) is 5.26 Å². The number of nitriles is 1. The van der Waals surface area contributed by atoms with Gasteiger partial charge in [-0.2, -0.15) is 10.4 Å². The topological polar surface area (TPSA) is 93.4 Å². The van der Waals surface area contributed by atoms with E-state index in [2.05, 4.69) is 37.1 Å². The number of aromatic nitrogens is 4. The highest BCUT2D eigenvalue weighted by Gasteiger charge is 2.16. The molecule has 0 saturated carbocycles. The van der Waals surface area contributed by atoms with Gasteiger partial charge in [0.25, 0.3) is 0 Å². The van der Waals surface area contributed by atoms with Gasteiger partial charge in [0.1, 0.15) is 11.3 Å². The summed E-state index contributed by atoms with van der Waals surface area (Å²) in [4.78, 5) is 8.49. The smallest absolute Gasteiger partial charge is 0.152 e. The summed E-state index contributed by atoms with van der Waals surface area (Å²) >= 11 is 3.57. The molecule has 4 rings (SSSR count). The second kappa shape index (κ2) is 6.78. The lowest BCUT2D eigenvalue weighted by atomic mass is 10.1. The zero-order chi connectivity index (χ0) is 19.0. The van der Waals surface area contributed by atoms with E-state index in [0.717, 1.165) is 10.9 Å². The summed E-state index contributed by atoms with van der Waals surface area (Å²) in [5, 5.41) is 14.3. The van der Waals surface area contributed by atoms with Crippen LogP contribution in [0.1, 0.15) is 11.3 Å². The second-order valence-corrected chi connectivity index (χ2v) is 6.67. The average molecular weight is 423 g/mol. The van der Waals surface area contributed by atoms with E-state index in [4.69, 9.17) is 11.0 Å². The van der Waals surface area contributed by atoms with Crippen molar-refractivity contribution in [1.82, 2.24) is 19.7 Å². The van der Waals surface area contributed by atoms with Crippen molar-refractivity contribution in [3.05, 3.63) is 70.3 Å². The number of hydrogen-bond donors (Lipinski definition) is 1. The van der Waals surface area contributed by atoms with Gasteiger partial charge in [-0.25, -0.2) is 9.37 Å². The third kappa shape index (κ3) is 3.13. The van der Waals surface area contributed by atoms with Gasteiger partial charge in [-0.3, -0.25) is 9.67 Å². The summed E-state index contributed by atoms with van der Waals surface area (Å²) < 4.78 is 16.2.